The Morgan fingerprint density at radius 3 is 2.90 bits per heavy atom. The summed E-state index contributed by atoms with van der Waals surface area (Å²) in [5.41, 5.74) is 1.93. The Kier molecular flexibility index (Phi) is 4.13. The molecular weight excluding hydrogens is 316 g/mol. The van der Waals surface area contributed by atoms with Crippen LogP contribution in [-0.2, 0) is 0 Å². The number of aryl methyl sites for hydroxylation is 1. The van der Waals surface area contributed by atoms with Gasteiger partial charge in [0.25, 0.3) is 5.91 Å². The molecule has 0 radical (unpaired) electrons. The predicted molar refractivity (Wildman–Crippen MR) is 84.0 cm³/mol. The number of hydrogen-bond acceptors (Lipinski definition) is 2. The summed E-state index contributed by atoms with van der Waals surface area (Å²) >= 11 is 3.49. The zero-order valence-corrected chi connectivity index (χ0v) is 13.5. The summed E-state index contributed by atoms with van der Waals surface area (Å²) in [6, 6.07) is 6.46. The molecular formula is C16H21BrN2O. The minimum atomic E-state index is 0.186. The van der Waals surface area contributed by atoms with Crippen LogP contribution >= 0.6 is 15.9 Å². The third-order valence-electron chi connectivity index (χ3n) is 4.53. The van der Waals surface area contributed by atoms with Gasteiger partial charge in [-0.1, -0.05) is 22.4 Å². The van der Waals surface area contributed by atoms with Crippen molar-refractivity contribution < 1.29 is 4.79 Å². The lowest BCUT2D eigenvalue weighted by atomic mass is 9.99. The molecule has 2 saturated heterocycles. The summed E-state index contributed by atoms with van der Waals surface area (Å²) < 4.78 is 1.06. The molecule has 1 amide bonds. The maximum absolute atomic E-state index is 12.6. The first-order valence-electron chi connectivity index (χ1n) is 7.44. The van der Waals surface area contributed by atoms with Crippen LogP contribution in [0.2, 0.25) is 0 Å². The smallest absolute Gasteiger partial charge is 0.253 e. The highest BCUT2D eigenvalue weighted by atomic mass is 79.9. The Hall–Kier alpha value is -0.870. The molecule has 20 heavy (non-hydrogen) atoms. The lowest BCUT2D eigenvalue weighted by Gasteiger charge is -2.44. The van der Waals surface area contributed by atoms with Crippen LogP contribution < -0.4 is 0 Å². The lowest BCUT2D eigenvalue weighted by molar-refractivity contribution is 0.0372. The Morgan fingerprint density at radius 1 is 1.25 bits per heavy atom. The first-order valence-corrected chi connectivity index (χ1v) is 8.24. The Bertz CT molecular complexity index is 517. The third kappa shape index (κ3) is 2.77. The van der Waals surface area contributed by atoms with E-state index in [9.17, 15) is 4.79 Å². The highest BCUT2D eigenvalue weighted by molar-refractivity contribution is 9.10. The average molecular weight is 337 g/mol. The van der Waals surface area contributed by atoms with E-state index in [0.717, 1.165) is 35.2 Å². The maximum Gasteiger partial charge on any atom is 0.253 e. The van der Waals surface area contributed by atoms with E-state index in [1.54, 1.807) is 0 Å². The molecule has 2 heterocycles. The van der Waals surface area contributed by atoms with Gasteiger partial charge in [0.2, 0.25) is 0 Å². The van der Waals surface area contributed by atoms with Crippen LogP contribution in [0.4, 0.5) is 0 Å². The zero-order valence-electron chi connectivity index (χ0n) is 11.9. The van der Waals surface area contributed by atoms with Crippen LogP contribution in [0.15, 0.2) is 22.7 Å². The van der Waals surface area contributed by atoms with E-state index in [1.807, 2.05) is 30.0 Å². The van der Waals surface area contributed by atoms with Crippen molar-refractivity contribution >= 4 is 21.8 Å². The summed E-state index contributed by atoms with van der Waals surface area (Å²) in [7, 11) is 0. The number of piperidine rings is 1. The molecule has 0 aliphatic carbocycles. The first-order chi connectivity index (χ1) is 9.65. The molecule has 0 spiro atoms. The van der Waals surface area contributed by atoms with Gasteiger partial charge in [-0.2, -0.15) is 0 Å². The number of carbonyl (C=O) groups is 1. The van der Waals surface area contributed by atoms with Crippen LogP contribution in [0.5, 0.6) is 0 Å². The van der Waals surface area contributed by atoms with Gasteiger partial charge in [-0.15, -0.1) is 0 Å². The molecule has 4 heteroatoms. The number of nitrogens with zero attached hydrogens (tertiary/aromatic N) is 2. The van der Waals surface area contributed by atoms with Crippen LogP contribution in [0, 0.1) is 6.92 Å². The van der Waals surface area contributed by atoms with Crippen molar-refractivity contribution in [1.82, 2.24) is 9.80 Å². The van der Waals surface area contributed by atoms with Gasteiger partial charge in [-0.25, -0.2) is 0 Å². The van der Waals surface area contributed by atoms with Crippen molar-refractivity contribution in [3.63, 3.8) is 0 Å². The van der Waals surface area contributed by atoms with Crippen LogP contribution in [-0.4, -0.2) is 47.9 Å². The molecule has 2 aliphatic rings. The molecule has 2 fully saturated rings. The fraction of sp³-hybridized carbons (Fsp3) is 0.562. The molecule has 1 aromatic carbocycles. The van der Waals surface area contributed by atoms with Gasteiger partial charge in [-0.3, -0.25) is 9.69 Å². The average Bonchev–Trinajstić information content (AvgIpc) is 2.49. The molecule has 1 unspecified atom stereocenters. The van der Waals surface area contributed by atoms with Gasteiger partial charge in [0.1, 0.15) is 0 Å². The normalized spacial score (nSPS) is 23.5. The molecule has 0 aromatic heterocycles. The standard InChI is InChI=1S/C16H21BrN2O/c1-12-10-13(5-6-15(12)17)16(20)19-9-8-18-7-3-2-4-14(18)11-19/h5-6,10,14H,2-4,7-9,11H2,1H3. The lowest BCUT2D eigenvalue weighted by Crippen LogP contribution is -2.56. The zero-order chi connectivity index (χ0) is 14.1. The minimum Gasteiger partial charge on any atom is -0.336 e. The van der Waals surface area contributed by atoms with E-state index >= 15 is 0 Å². The number of fused-ring (bicyclic) bond motifs is 1. The van der Waals surface area contributed by atoms with Crippen LogP contribution in [0.25, 0.3) is 0 Å². The Balaban J connectivity index is 1.72. The van der Waals surface area contributed by atoms with Gasteiger partial charge in [0.05, 0.1) is 0 Å². The number of halogens is 1. The summed E-state index contributed by atoms with van der Waals surface area (Å²) in [5, 5.41) is 0. The number of piperazine rings is 1. The van der Waals surface area contributed by atoms with E-state index in [4.69, 9.17) is 0 Å². The molecule has 0 saturated carbocycles. The summed E-state index contributed by atoms with van der Waals surface area (Å²) in [6.07, 6.45) is 3.86. The predicted octanol–water partition coefficient (Wildman–Crippen LogP) is 3.07. The summed E-state index contributed by atoms with van der Waals surface area (Å²) in [6.45, 7) is 6.04. The van der Waals surface area contributed by atoms with Crippen molar-refractivity contribution in [3.8, 4) is 0 Å². The molecule has 2 aliphatic heterocycles. The SMILES string of the molecule is Cc1cc(C(=O)N2CCN3CCCCC3C2)ccc1Br. The number of rotatable bonds is 1. The Labute approximate surface area is 129 Å². The van der Waals surface area contributed by atoms with E-state index < -0.39 is 0 Å². The molecule has 1 atom stereocenters. The largest absolute Gasteiger partial charge is 0.336 e. The van der Waals surface area contributed by atoms with E-state index in [0.29, 0.717) is 6.04 Å². The minimum absolute atomic E-state index is 0.186. The van der Waals surface area contributed by atoms with Crippen LogP contribution in [0.3, 0.4) is 0 Å². The fourth-order valence-electron chi connectivity index (χ4n) is 3.30. The van der Waals surface area contributed by atoms with Crippen molar-refractivity contribution in [3.05, 3.63) is 33.8 Å². The van der Waals surface area contributed by atoms with Crippen molar-refractivity contribution in [2.45, 2.75) is 32.2 Å². The second-order valence-electron chi connectivity index (χ2n) is 5.90. The maximum atomic E-state index is 12.6. The van der Waals surface area contributed by atoms with E-state index in [-0.39, 0.29) is 5.91 Å². The molecule has 3 nitrogen and oxygen atoms in total. The number of carbonyl (C=O) groups excluding carboxylic acids is 1. The molecule has 0 bridgehead atoms. The summed E-state index contributed by atoms with van der Waals surface area (Å²) in [4.78, 5) is 17.2. The molecule has 3 rings (SSSR count). The summed E-state index contributed by atoms with van der Waals surface area (Å²) in [5.74, 6) is 0.186. The number of amides is 1. The fourth-order valence-corrected chi connectivity index (χ4v) is 3.55. The number of hydrogen-bond donors (Lipinski definition) is 0. The van der Waals surface area contributed by atoms with Gasteiger partial charge in [0, 0.05) is 35.7 Å². The van der Waals surface area contributed by atoms with Crippen molar-refractivity contribution in [1.29, 1.82) is 0 Å². The van der Waals surface area contributed by atoms with Crippen LogP contribution in [0.1, 0.15) is 35.2 Å². The quantitative estimate of drug-likeness (QED) is 0.786. The van der Waals surface area contributed by atoms with E-state index in [2.05, 4.69) is 20.8 Å². The monoisotopic (exact) mass is 336 g/mol. The molecule has 0 N–H and O–H groups in total. The van der Waals surface area contributed by atoms with Gasteiger partial charge < -0.3 is 4.90 Å². The third-order valence-corrected chi connectivity index (χ3v) is 5.42. The molecule has 1 aromatic rings. The van der Waals surface area contributed by atoms with E-state index in [1.165, 1.54) is 25.8 Å². The molecule has 108 valence electrons. The topological polar surface area (TPSA) is 23.6 Å². The second-order valence-corrected chi connectivity index (χ2v) is 6.76. The van der Waals surface area contributed by atoms with Crippen molar-refractivity contribution in [2.75, 3.05) is 26.2 Å². The van der Waals surface area contributed by atoms with Gasteiger partial charge in [-0.05, 0) is 50.1 Å². The van der Waals surface area contributed by atoms with Crippen molar-refractivity contribution in [2.24, 2.45) is 0 Å². The second kappa shape index (κ2) is 5.86. The van der Waals surface area contributed by atoms with Gasteiger partial charge >= 0.3 is 0 Å². The highest BCUT2D eigenvalue weighted by Crippen LogP contribution is 2.23. The Morgan fingerprint density at radius 2 is 2.10 bits per heavy atom. The number of benzene rings is 1. The first kappa shape index (κ1) is 14.1. The van der Waals surface area contributed by atoms with Gasteiger partial charge in [0.15, 0.2) is 0 Å². The highest BCUT2D eigenvalue weighted by Gasteiger charge is 2.31.